The molecule has 0 spiro atoms. The van der Waals surface area contributed by atoms with Gasteiger partial charge < -0.3 is 14.6 Å². The number of amides is 1. The molecule has 94 valence electrons. The summed E-state index contributed by atoms with van der Waals surface area (Å²) in [5, 5.41) is 2.82. The number of rotatable bonds is 5. The van der Waals surface area contributed by atoms with E-state index in [1.165, 1.54) is 0 Å². The molecule has 2 rings (SSSR count). The highest BCUT2D eigenvalue weighted by Crippen LogP contribution is 2.14. The summed E-state index contributed by atoms with van der Waals surface area (Å²) in [6.07, 6.45) is 3.84. The van der Waals surface area contributed by atoms with Crippen molar-refractivity contribution in [2.24, 2.45) is 0 Å². The van der Waals surface area contributed by atoms with Gasteiger partial charge in [-0.15, -0.1) is 0 Å². The van der Waals surface area contributed by atoms with Crippen molar-refractivity contribution in [3.05, 3.63) is 54.4 Å². The van der Waals surface area contributed by atoms with Crippen molar-refractivity contribution in [1.82, 2.24) is 9.88 Å². The SMILES string of the molecule is COCCNC(=O)c1ccccc1-n1cccc1. The van der Waals surface area contributed by atoms with Crippen molar-refractivity contribution in [2.45, 2.75) is 0 Å². The fourth-order valence-corrected chi connectivity index (χ4v) is 1.75. The topological polar surface area (TPSA) is 43.3 Å². The molecule has 1 N–H and O–H groups in total. The van der Waals surface area contributed by atoms with E-state index in [1.807, 2.05) is 53.4 Å². The maximum absolute atomic E-state index is 12.1. The fraction of sp³-hybridized carbons (Fsp3) is 0.214. The maximum atomic E-state index is 12.1. The van der Waals surface area contributed by atoms with Gasteiger partial charge >= 0.3 is 0 Å². The number of carbonyl (C=O) groups is 1. The van der Waals surface area contributed by atoms with Crippen LogP contribution in [0.4, 0.5) is 0 Å². The molecule has 0 aliphatic rings. The van der Waals surface area contributed by atoms with Crippen LogP contribution in [0.25, 0.3) is 5.69 Å². The molecule has 0 bridgehead atoms. The standard InChI is InChI=1S/C14H16N2O2/c1-18-11-8-15-14(17)12-6-2-3-7-13(12)16-9-4-5-10-16/h2-7,9-10H,8,11H2,1H3,(H,15,17). The summed E-state index contributed by atoms with van der Waals surface area (Å²) < 4.78 is 6.83. The van der Waals surface area contributed by atoms with Crippen LogP contribution >= 0.6 is 0 Å². The van der Waals surface area contributed by atoms with Crippen LogP contribution in [0.3, 0.4) is 0 Å². The van der Waals surface area contributed by atoms with Crippen molar-refractivity contribution in [3.63, 3.8) is 0 Å². The van der Waals surface area contributed by atoms with Crippen LogP contribution in [-0.2, 0) is 4.74 Å². The van der Waals surface area contributed by atoms with Gasteiger partial charge in [-0.3, -0.25) is 4.79 Å². The first-order chi connectivity index (χ1) is 8.83. The third kappa shape index (κ3) is 2.78. The molecular formula is C14H16N2O2. The Morgan fingerprint density at radius 3 is 2.67 bits per heavy atom. The van der Waals surface area contributed by atoms with Crippen LogP contribution in [0, 0.1) is 0 Å². The minimum Gasteiger partial charge on any atom is -0.383 e. The summed E-state index contributed by atoms with van der Waals surface area (Å²) in [5.41, 5.74) is 1.53. The summed E-state index contributed by atoms with van der Waals surface area (Å²) in [5.74, 6) is -0.0867. The Morgan fingerprint density at radius 2 is 1.94 bits per heavy atom. The summed E-state index contributed by atoms with van der Waals surface area (Å²) >= 11 is 0. The largest absolute Gasteiger partial charge is 0.383 e. The van der Waals surface area contributed by atoms with Gasteiger partial charge in [0.05, 0.1) is 17.9 Å². The quantitative estimate of drug-likeness (QED) is 0.816. The zero-order valence-corrected chi connectivity index (χ0v) is 10.3. The summed E-state index contributed by atoms with van der Waals surface area (Å²) in [7, 11) is 1.61. The summed E-state index contributed by atoms with van der Waals surface area (Å²) in [4.78, 5) is 12.1. The monoisotopic (exact) mass is 244 g/mol. The normalized spacial score (nSPS) is 10.3. The number of nitrogens with one attached hydrogen (secondary N) is 1. The molecule has 0 aliphatic carbocycles. The van der Waals surface area contributed by atoms with Crippen molar-refractivity contribution in [3.8, 4) is 5.69 Å². The van der Waals surface area contributed by atoms with Crippen LogP contribution in [0.1, 0.15) is 10.4 Å². The number of nitrogens with zero attached hydrogens (tertiary/aromatic N) is 1. The molecule has 0 fully saturated rings. The molecule has 1 amide bonds. The minimum absolute atomic E-state index is 0.0867. The van der Waals surface area contributed by atoms with Gasteiger partial charge in [0.2, 0.25) is 0 Å². The van der Waals surface area contributed by atoms with E-state index in [-0.39, 0.29) is 5.91 Å². The Bertz CT molecular complexity index is 506. The van der Waals surface area contributed by atoms with Gasteiger partial charge in [0, 0.05) is 26.0 Å². The first-order valence-corrected chi connectivity index (χ1v) is 5.82. The van der Waals surface area contributed by atoms with Gasteiger partial charge in [0.25, 0.3) is 5.91 Å². The molecule has 4 heteroatoms. The van der Waals surface area contributed by atoms with E-state index >= 15 is 0 Å². The third-order valence-corrected chi connectivity index (χ3v) is 2.62. The van der Waals surface area contributed by atoms with Gasteiger partial charge in [-0.1, -0.05) is 12.1 Å². The molecule has 1 aromatic heterocycles. The molecule has 0 saturated heterocycles. The minimum atomic E-state index is -0.0867. The molecule has 0 unspecified atom stereocenters. The molecule has 0 radical (unpaired) electrons. The number of carbonyl (C=O) groups excluding carboxylic acids is 1. The molecule has 1 heterocycles. The second-order valence-electron chi connectivity index (χ2n) is 3.86. The van der Waals surface area contributed by atoms with Crippen molar-refractivity contribution in [2.75, 3.05) is 20.3 Å². The maximum Gasteiger partial charge on any atom is 0.253 e. The zero-order chi connectivity index (χ0) is 12.8. The van der Waals surface area contributed by atoms with Gasteiger partial charge in [-0.05, 0) is 24.3 Å². The Kier molecular flexibility index (Phi) is 4.15. The van der Waals surface area contributed by atoms with Crippen molar-refractivity contribution in [1.29, 1.82) is 0 Å². The number of ether oxygens (including phenoxy) is 1. The Morgan fingerprint density at radius 1 is 1.22 bits per heavy atom. The first kappa shape index (κ1) is 12.4. The third-order valence-electron chi connectivity index (χ3n) is 2.62. The van der Waals surface area contributed by atoms with Gasteiger partial charge in [-0.25, -0.2) is 0 Å². The number of methoxy groups -OCH3 is 1. The molecule has 0 saturated carbocycles. The van der Waals surface area contributed by atoms with Gasteiger partial charge in [-0.2, -0.15) is 0 Å². The Labute approximate surface area is 106 Å². The lowest BCUT2D eigenvalue weighted by molar-refractivity contribution is 0.0937. The molecule has 18 heavy (non-hydrogen) atoms. The first-order valence-electron chi connectivity index (χ1n) is 5.82. The smallest absolute Gasteiger partial charge is 0.253 e. The number of aromatic nitrogens is 1. The average Bonchev–Trinajstić information content (AvgIpc) is 2.93. The lowest BCUT2D eigenvalue weighted by atomic mass is 10.1. The second kappa shape index (κ2) is 6.02. The van der Waals surface area contributed by atoms with Crippen molar-refractivity contribution < 1.29 is 9.53 Å². The van der Waals surface area contributed by atoms with Crippen LogP contribution in [0.5, 0.6) is 0 Å². The fourth-order valence-electron chi connectivity index (χ4n) is 1.75. The lowest BCUT2D eigenvalue weighted by Crippen LogP contribution is -2.27. The zero-order valence-electron chi connectivity index (χ0n) is 10.3. The van der Waals surface area contributed by atoms with E-state index in [4.69, 9.17) is 4.74 Å². The summed E-state index contributed by atoms with van der Waals surface area (Å²) in [6.45, 7) is 1.02. The van der Waals surface area contributed by atoms with Gasteiger partial charge in [0.1, 0.15) is 0 Å². The highest BCUT2D eigenvalue weighted by molar-refractivity contribution is 5.97. The van der Waals surface area contributed by atoms with Gasteiger partial charge in [0.15, 0.2) is 0 Å². The van der Waals surface area contributed by atoms with E-state index in [2.05, 4.69) is 5.32 Å². The summed E-state index contributed by atoms with van der Waals surface area (Å²) in [6, 6.07) is 11.4. The van der Waals surface area contributed by atoms with Crippen LogP contribution in [0.2, 0.25) is 0 Å². The highest BCUT2D eigenvalue weighted by Gasteiger charge is 2.10. The molecule has 4 nitrogen and oxygen atoms in total. The van der Waals surface area contributed by atoms with Crippen LogP contribution in [0.15, 0.2) is 48.8 Å². The predicted octanol–water partition coefficient (Wildman–Crippen LogP) is 1.85. The molecular weight excluding hydrogens is 228 g/mol. The van der Waals surface area contributed by atoms with Crippen molar-refractivity contribution >= 4 is 5.91 Å². The number of hydrogen-bond donors (Lipinski definition) is 1. The molecule has 0 aliphatic heterocycles. The molecule has 2 aromatic rings. The number of benzene rings is 1. The van der Waals surface area contributed by atoms with E-state index < -0.39 is 0 Å². The van der Waals surface area contributed by atoms with E-state index in [0.29, 0.717) is 18.7 Å². The Balaban J connectivity index is 2.20. The van der Waals surface area contributed by atoms with E-state index in [0.717, 1.165) is 5.69 Å². The molecule has 0 atom stereocenters. The highest BCUT2D eigenvalue weighted by atomic mass is 16.5. The average molecular weight is 244 g/mol. The van der Waals surface area contributed by atoms with Crippen LogP contribution < -0.4 is 5.32 Å². The van der Waals surface area contributed by atoms with E-state index in [1.54, 1.807) is 7.11 Å². The predicted molar refractivity (Wildman–Crippen MR) is 70.0 cm³/mol. The number of hydrogen-bond acceptors (Lipinski definition) is 2. The molecule has 1 aromatic carbocycles. The van der Waals surface area contributed by atoms with Crippen LogP contribution in [-0.4, -0.2) is 30.7 Å². The Hall–Kier alpha value is -2.07. The van der Waals surface area contributed by atoms with E-state index in [9.17, 15) is 4.79 Å². The second-order valence-corrected chi connectivity index (χ2v) is 3.86. The lowest BCUT2D eigenvalue weighted by Gasteiger charge is -2.10. The number of para-hydroxylation sites is 1.